The molecule has 2 aromatic heterocycles. The molecule has 0 N–H and O–H groups in total. The lowest BCUT2D eigenvalue weighted by molar-refractivity contribution is 0.174. The zero-order valence-corrected chi connectivity index (χ0v) is 16.5. The Kier molecular flexibility index (Phi) is 3.46. The molecule has 3 heterocycles. The summed E-state index contributed by atoms with van der Waals surface area (Å²) in [4.78, 5) is 17.9. The highest BCUT2D eigenvalue weighted by Crippen LogP contribution is 2.42. The van der Waals surface area contributed by atoms with Crippen LogP contribution in [0.5, 0.6) is 11.5 Å². The lowest BCUT2D eigenvalue weighted by Crippen LogP contribution is -2.04. The monoisotopic (exact) mass is 445 g/mol. The van der Waals surface area contributed by atoms with Crippen LogP contribution in [0.1, 0.15) is 0 Å². The Morgan fingerprint density at radius 2 is 1.66 bits per heavy atom. The Morgan fingerprint density at radius 1 is 0.897 bits per heavy atom. The first-order valence-electron chi connectivity index (χ1n) is 9.04. The van der Waals surface area contributed by atoms with E-state index in [0.29, 0.717) is 28.0 Å². The number of hydrogen-bond acceptors (Lipinski definition) is 5. The lowest BCUT2D eigenvalue weighted by Gasteiger charge is -2.12. The van der Waals surface area contributed by atoms with Crippen molar-refractivity contribution < 1.29 is 13.9 Å². The van der Waals surface area contributed by atoms with Crippen molar-refractivity contribution in [3.8, 4) is 22.6 Å². The van der Waals surface area contributed by atoms with Crippen LogP contribution < -0.4 is 15.1 Å². The van der Waals surface area contributed by atoms with E-state index in [2.05, 4.69) is 15.9 Å². The molecular formula is C23H12BrNO4. The quantitative estimate of drug-likeness (QED) is 0.189. The van der Waals surface area contributed by atoms with E-state index in [-0.39, 0.29) is 6.79 Å². The highest BCUT2D eigenvalue weighted by Gasteiger charge is 2.22. The van der Waals surface area contributed by atoms with Gasteiger partial charge in [-0.3, -0.25) is 0 Å². The fourth-order valence-corrected chi connectivity index (χ4v) is 4.13. The number of para-hydroxylation sites is 1. The Hall–Kier alpha value is -3.38. The smallest absolute Gasteiger partial charge is 0.346 e. The second-order valence-electron chi connectivity index (χ2n) is 6.83. The molecule has 29 heavy (non-hydrogen) atoms. The number of pyridine rings is 1. The molecule has 0 bridgehead atoms. The maximum absolute atomic E-state index is 13.1. The SMILES string of the molecule is O=c1oc2ccccc2c2nc3cc4c(cc3c(-c3ccc(Br)cc3)c12)OCO4. The van der Waals surface area contributed by atoms with Gasteiger partial charge >= 0.3 is 5.63 Å². The summed E-state index contributed by atoms with van der Waals surface area (Å²) >= 11 is 3.48. The first kappa shape index (κ1) is 16.6. The molecule has 3 aromatic carbocycles. The molecule has 1 aliphatic heterocycles. The Bertz CT molecular complexity index is 1510. The van der Waals surface area contributed by atoms with Crippen molar-refractivity contribution in [1.29, 1.82) is 0 Å². The molecule has 0 fully saturated rings. The van der Waals surface area contributed by atoms with Crippen molar-refractivity contribution in [3.05, 3.63) is 75.6 Å². The maximum atomic E-state index is 13.1. The van der Waals surface area contributed by atoms with E-state index < -0.39 is 5.63 Å². The van der Waals surface area contributed by atoms with Crippen molar-refractivity contribution in [1.82, 2.24) is 4.98 Å². The van der Waals surface area contributed by atoms with Gasteiger partial charge in [0, 0.05) is 26.9 Å². The van der Waals surface area contributed by atoms with Gasteiger partial charge in [0.2, 0.25) is 6.79 Å². The summed E-state index contributed by atoms with van der Waals surface area (Å²) in [6, 6.07) is 19.0. The third-order valence-electron chi connectivity index (χ3n) is 5.16. The van der Waals surface area contributed by atoms with Crippen LogP contribution >= 0.6 is 15.9 Å². The summed E-state index contributed by atoms with van der Waals surface area (Å²) in [5.74, 6) is 1.29. The first-order valence-corrected chi connectivity index (χ1v) is 9.83. The lowest BCUT2D eigenvalue weighted by atomic mass is 9.96. The van der Waals surface area contributed by atoms with E-state index in [1.54, 1.807) is 6.07 Å². The molecule has 0 unspecified atom stereocenters. The standard InChI is InChI=1S/C23H12BrNO4/c24-13-7-5-12(6-8-13)20-15-9-18-19(28-11-27-18)10-16(15)25-22-14-3-1-2-4-17(14)29-23(26)21(20)22/h1-10H,11H2. The highest BCUT2D eigenvalue weighted by molar-refractivity contribution is 9.10. The maximum Gasteiger partial charge on any atom is 0.346 e. The second-order valence-corrected chi connectivity index (χ2v) is 7.74. The number of hydrogen-bond donors (Lipinski definition) is 0. The van der Waals surface area contributed by atoms with Gasteiger partial charge in [0.05, 0.1) is 16.4 Å². The van der Waals surface area contributed by atoms with Crippen LogP contribution in [0.3, 0.4) is 0 Å². The summed E-state index contributed by atoms with van der Waals surface area (Å²) in [7, 11) is 0. The topological polar surface area (TPSA) is 61.6 Å². The molecule has 5 nitrogen and oxygen atoms in total. The third kappa shape index (κ3) is 2.46. The fraction of sp³-hybridized carbons (Fsp3) is 0.0435. The van der Waals surface area contributed by atoms with Gasteiger partial charge in [-0.1, -0.05) is 40.2 Å². The van der Waals surface area contributed by atoms with E-state index in [4.69, 9.17) is 18.9 Å². The largest absolute Gasteiger partial charge is 0.454 e. The van der Waals surface area contributed by atoms with E-state index in [0.717, 1.165) is 31.9 Å². The number of nitrogens with zero attached hydrogens (tertiary/aromatic N) is 1. The summed E-state index contributed by atoms with van der Waals surface area (Å²) in [6.45, 7) is 0.170. The molecule has 6 rings (SSSR count). The van der Waals surface area contributed by atoms with E-state index in [1.165, 1.54) is 0 Å². The zero-order chi connectivity index (χ0) is 19.5. The van der Waals surface area contributed by atoms with E-state index in [1.807, 2.05) is 54.6 Å². The zero-order valence-electron chi connectivity index (χ0n) is 14.9. The van der Waals surface area contributed by atoms with Crippen LogP contribution in [0.2, 0.25) is 0 Å². The van der Waals surface area contributed by atoms with Crippen LogP contribution in [0.4, 0.5) is 0 Å². The van der Waals surface area contributed by atoms with Gasteiger partial charge in [-0.2, -0.15) is 0 Å². The Balaban J connectivity index is 1.87. The van der Waals surface area contributed by atoms with Gasteiger partial charge in [-0.05, 0) is 35.9 Å². The average Bonchev–Trinajstić information content (AvgIpc) is 3.19. The Labute approximate surface area is 172 Å². The third-order valence-corrected chi connectivity index (χ3v) is 5.69. The predicted octanol–water partition coefficient (Wildman–Crippen LogP) is 5.65. The number of halogens is 1. The molecule has 0 aliphatic carbocycles. The first-order chi connectivity index (χ1) is 14.2. The molecule has 0 radical (unpaired) electrons. The molecule has 0 atom stereocenters. The number of fused-ring (bicyclic) bond motifs is 5. The molecule has 140 valence electrons. The van der Waals surface area contributed by atoms with Crippen molar-refractivity contribution in [2.75, 3.05) is 6.79 Å². The van der Waals surface area contributed by atoms with Crippen LogP contribution in [0.25, 0.3) is 43.9 Å². The Morgan fingerprint density at radius 3 is 2.48 bits per heavy atom. The number of ether oxygens (including phenoxy) is 2. The predicted molar refractivity (Wildman–Crippen MR) is 115 cm³/mol. The minimum absolute atomic E-state index is 0.170. The van der Waals surface area contributed by atoms with Crippen LogP contribution in [0.15, 0.2) is 74.3 Å². The summed E-state index contributed by atoms with van der Waals surface area (Å²) in [6.07, 6.45) is 0. The normalized spacial score (nSPS) is 12.9. The van der Waals surface area contributed by atoms with Crippen molar-refractivity contribution in [3.63, 3.8) is 0 Å². The molecule has 0 amide bonds. The summed E-state index contributed by atoms with van der Waals surface area (Å²) in [5.41, 5.74) is 3.11. The second kappa shape index (κ2) is 6.06. The number of rotatable bonds is 1. The minimum Gasteiger partial charge on any atom is -0.454 e. The average molecular weight is 446 g/mol. The summed E-state index contributed by atoms with van der Waals surface area (Å²) < 4.78 is 17.7. The molecule has 0 saturated carbocycles. The van der Waals surface area contributed by atoms with Gasteiger partial charge in [-0.25, -0.2) is 9.78 Å². The van der Waals surface area contributed by atoms with Gasteiger partial charge < -0.3 is 13.9 Å². The van der Waals surface area contributed by atoms with Crippen LogP contribution in [0, 0.1) is 0 Å². The highest BCUT2D eigenvalue weighted by atomic mass is 79.9. The van der Waals surface area contributed by atoms with E-state index in [9.17, 15) is 4.79 Å². The van der Waals surface area contributed by atoms with Crippen molar-refractivity contribution >= 4 is 48.7 Å². The van der Waals surface area contributed by atoms with Gasteiger partial charge in [0.15, 0.2) is 11.5 Å². The van der Waals surface area contributed by atoms with Crippen LogP contribution in [-0.2, 0) is 0 Å². The van der Waals surface area contributed by atoms with Crippen LogP contribution in [-0.4, -0.2) is 11.8 Å². The number of aromatic nitrogens is 1. The molecule has 1 aliphatic rings. The van der Waals surface area contributed by atoms with Gasteiger partial charge in [0.1, 0.15) is 5.58 Å². The van der Waals surface area contributed by atoms with Gasteiger partial charge in [0.25, 0.3) is 0 Å². The van der Waals surface area contributed by atoms with Gasteiger partial charge in [-0.15, -0.1) is 0 Å². The molecule has 6 heteroatoms. The number of benzene rings is 3. The van der Waals surface area contributed by atoms with Crippen molar-refractivity contribution in [2.24, 2.45) is 0 Å². The fourth-order valence-electron chi connectivity index (χ4n) is 3.87. The van der Waals surface area contributed by atoms with E-state index >= 15 is 0 Å². The molecule has 0 spiro atoms. The molecular weight excluding hydrogens is 434 g/mol. The molecule has 5 aromatic rings. The van der Waals surface area contributed by atoms with Crippen molar-refractivity contribution in [2.45, 2.75) is 0 Å². The summed E-state index contributed by atoms with van der Waals surface area (Å²) in [5, 5.41) is 2.06. The minimum atomic E-state index is -0.413. The molecule has 0 saturated heterocycles.